The lowest BCUT2D eigenvalue weighted by molar-refractivity contribution is -0.119. The number of benzene rings is 2. The van der Waals surface area contributed by atoms with Crippen molar-refractivity contribution in [1.82, 2.24) is 10.4 Å². The summed E-state index contributed by atoms with van der Waals surface area (Å²) in [4.78, 5) is 16.5. The van der Waals surface area contributed by atoms with E-state index in [0.717, 1.165) is 9.87 Å². The second-order valence-electron chi connectivity index (χ2n) is 6.24. The Morgan fingerprint density at radius 3 is 2.45 bits per heavy atom. The van der Waals surface area contributed by atoms with Gasteiger partial charge in [-0.2, -0.15) is 5.10 Å². The number of nitrogens with one attached hydrogen (secondary N) is 1. The predicted octanol–water partition coefficient (Wildman–Crippen LogP) is 2.74. The Kier molecular flexibility index (Phi) is 6.36. The van der Waals surface area contributed by atoms with Gasteiger partial charge < -0.3 is 0 Å². The second-order valence-corrected chi connectivity index (χ2v) is 8.10. The molecule has 7 nitrogen and oxygen atoms in total. The van der Waals surface area contributed by atoms with Crippen LogP contribution in [-0.4, -0.2) is 32.1 Å². The first-order valence-electron chi connectivity index (χ1n) is 8.83. The lowest BCUT2D eigenvalue weighted by Gasteiger charge is -2.23. The number of carbonyl (C=O) groups is 1. The van der Waals surface area contributed by atoms with Crippen LogP contribution in [0.5, 0.6) is 0 Å². The van der Waals surface area contributed by atoms with Gasteiger partial charge in [-0.15, -0.1) is 0 Å². The van der Waals surface area contributed by atoms with Crippen LogP contribution in [-0.2, 0) is 14.8 Å². The number of anilines is 1. The van der Waals surface area contributed by atoms with E-state index in [4.69, 9.17) is 0 Å². The van der Waals surface area contributed by atoms with Crippen LogP contribution in [0.15, 0.2) is 89.1 Å². The van der Waals surface area contributed by atoms with Crippen LogP contribution in [0.4, 0.5) is 5.69 Å². The third-order valence-electron chi connectivity index (χ3n) is 4.03. The van der Waals surface area contributed by atoms with Gasteiger partial charge >= 0.3 is 0 Å². The third kappa shape index (κ3) is 5.26. The summed E-state index contributed by atoms with van der Waals surface area (Å²) in [5, 5.41) is 3.87. The first-order chi connectivity index (χ1) is 14.0. The number of hydrogen-bond acceptors (Lipinski definition) is 5. The molecule has 0 aliphatic heterocycles. The van der Waals surface area contributed by atoms with Crippen molar-refractivity contribution >= 4 is 27.8 Å². The van der Waals surface area contributed by atoms with Crippen LogP contribution in [0.2, 0.25) is 0 Å². The highest BCUT2D eigenvalue weighted by Crippen LogP contribution is 2.23. The Hall–Kier alpha value is -3.52. The number of aryl methyl sites for hydroxylation is 1. The maximum atomic E-state index is 13.1. The Morgan fingerprint density at radius 1 is 1.07 bits per heavy atom. The zero-order chi connectivity index (χ0) is 20.7. The van der Waals surface area contributed by atoms with Crippen LogP contribution < -0.4 is 9.73 Å². The third-order valence-corrected chi connectivity index (χ3v) is 5.82. The minimum Gasteiger partial charge on any atom is -0.271 e. The average Bonchev–Trinajstić information content (AvgIpc) is 2.74. The molecule has 8 heteroatoms. The summed E-state index contributed by atoms with van der Waals surface area (Å²) in [6.07, 6.45) is 4.66. The highest BCUT2D eigenvalue weighted by atomic mass is 32.2. The van der Waals surface area contributed by atoms with Gasteiger partial charge in [0.15, 0.2) is 0 Å². The number of amides is 1. The molecule has 0 saturated heterocycles. The fourth-order valence-electron chi connectivity index (χ4n) is 2.54. The summed E-state index contributed by atoms with van der Waals surface area (Å²) in [7, 11) is -3.93. The summed E-state index contributed by atoms with van der Waals surface area (Å²) in [5.41, 5.74) is 4.45. The van der Waals surface area contributed by atoms with Crippen molar-refractivity contribution in [3.05, 3.63) is 90.3 Å². The topological polar surface area (TPSA) is 91.7 Å². The average molecular weight is 408 g/mol. The molecule has 3 rings (SSSR count). The zero-order valence-electron chi connectivity index (χ0n) is 15.8. The monoisotopic (exact) mass is 408 g/mol. The highest BCUT2D eigenvalue weighted by Gasteiger charge is 2.26. The van der Waals surface area contributed by atoms with Crippen molar-refractivity contribution in [1.29, 1.82) is 0 Å². The number of hydrazone groups is 1. The molecule has 29 heavy (non-hydrogen) atoms. The smallest absolute Gasteiger partial charge is 0.264 e. The van der Waals surface area contributed by atoms with Crippen LogP contribution in [0.25, 0.3) is 0 Å². The van der Waals surface area contributed by atoms with Crippen molar-refractivity contribution in [2.24, 2.45) is 5.10 Å². The lowest BCUT2D eigenvalue weighted by Crippen LogP contribution is -2.39. The molecule has 1 aromatic heterocycles. The number of rotatable bonds is 7. The molecular weight excluding hydrogens is 388 g/mol. The molecule has 148 valence electrons. The van der Waals surface area contributed by atoms with Gasteiger partial charge in [-0.1, -0.05) is 42.0 Å². The fraction of sp³-hybridized carbons (Fsp3) is 0.0952. The molecule has 0 saturated carbocycles. The molecule has 0 bridgehead atoms. The van der Waals surface area contributed by atoms with Gasteiger partial charge in [-0.05, 0) is 37.3 Å². The van der Waals surface area contributed by atoms with Crippen molar-refractivity contribution in [3.63, 3.8) is 0 Å². The molecule has 3 aromatic rings. The van der Waals surface area contributed by atoms with Crippen LogP contribution >= 0.6 is 0 Å². The SMILES string of the molecule is Cc1ccc(N(CC(=O)N/N=C\c2cccnc2)S(=O)(=O)c2ccccc2)cc1. The van der Waals surface area contributed by atoms with E-state index in [2.05, 4.69) is 15.5 Å². The molecule has 1 N–H and O–H groups in total. The number of hydrogen-bond donors (Lipinski definition) is 1. The number of nitrogens with zero attached hydrogens (tertiary/aromatic N) is 3. The van der Waals surface area contributed by atoms with E-state index in [1.165, 1.54) is 18.3 Å². The predicted molar refractivity (Wildman–Crippen MR) is 112 cm³/mol. The van der Waals surface area contributed by atoms with Gasteiger partial charge in [0.25, 0.3) is 15.9 Å². The van der Waals surface area contributed by atoms with Crippen molar-refractivity contribution in [3.8, 4) is 0 Å². The van der Waals surface area contributed by atoms with E-state index in [9.17, 15) is 13.2 Å². The molecule has 0 radical (unpaired) electrons. The molecule has 1 amide bonds. The molecule has 2 aromatic carbocycles. The first-order valence-corrected chi connectivity index (χ1v) is 10.3. The van der Waals surface area contributed by atoms with E-state index in [-0.39, 0.29) is 4.90 Å². The molecule has 1 heterocycles. The van der Waals surface area contributed by atoms with Crippen molar-refractivity contribution in [2.75, 3.05) is 10.8 Å². The number of aromatic nitrogens is 1. The van der Waals surface area contributed by atoms with Gasteiger partial charge in [0.2, 0.25) is 0 Å². The number of carbonyl (C=O) groups excluding carboxylic acids is 1. The summed E-state index contributed by atoms with van der Waals surface area (Å²) in [6, 6.07) is 18.4. The van der Waals surface area contributed by atoms with Crippen molar-refractivity contribution in [2.45, 2.75) is 11.8 Å². The lowest BCUT2D eigenvalue weighted by atomic mass is 10.2. The molecule has 0 spiro atoms. The van der Waals surface area contributed by atoms with Crippen molar-refractivity contribution < 1.29 is 13.2 Å². The van der Waals surface area contributed by atoms with Gasteiger partial charge in [-0.3, -0.25) is 14.1 Å². The zero-order valence-corrected chi connectivity index (χ0v) is 16.6. The molecule has 0 fully saturated rings. The summed E-state index contributed by atoms with van der Waals surface area (Å²) >= 11 is 0. The largest absolute Gasteiger partial charge is 0.271 e. The van der Waals surface area contributed by atoms with Crippen LogP contribution in [0, 0.1) is 6.92 Å². The van der Waals surface area contributed by atoms with Gasteiger partial charge in [-0.25, -0.2) is 13.8 Å². The molecule has 0 atom stereocenters. The van der Waals surface area contributed by atoms with Gasteiger partial charge in [0, 0.05) is 18.0 Å². The van der Waals surface area contributed by atoms with E-state index in [1.54, 1.807) is 67.0 Å². The Balaban J connectivity index is 1.83. The maximum Gasteiger partial charge on any atom is 0.264 e. The molecule has 0 unspecified atom stereocenters. The van der Waals surface area contributed by atoms with E-state index in [1.807, 2.05) is 6.92 Å². The van der Waals surface area contributed by atoms with Crippen LogP contribution in [0.1, 0.15) is 11.1 Å². The minimum absolute atomic E-state index is 0.104. The normalized spacial score (nSPS) is 11.3. The summed E-state index contributed by atoms with van der Waals surface area (Å²) < 4.78 is 27.4. The van der Waals surface area contributed by atoms with Gasteiger partial charge in [0.1, 0.15) is 6.54 Å². The minimum atomic E-state index is -3.93. The quantitative estimate of drug-likeness (QED) is 0.481. The number of sulfonamides is 1. The summed E-state index contributed by atoms with van der Waals surface area (Å²) in [5.74, 6) is -0.565. The summed E-state index contributed by atoms with van der Waals surface area (Å²) in [6.45, 7) is 1.49. The molecule has 0 aliphatic carbocycles. The van der Waals surface area contributed by atoms with E-state index >= 15 is 0 Å². The second kappa shape index (κ2) is 9.11. The highest BCUT2D eigenvalue weighted by molar-refractivity contribution is 7.92. The molecular formula is C21H20N4O3S. The maximum absolute atomic E-state index is 13.1. The van der Waals surface area contributed by atoms with E-state index < -0.39 is 22.5 Å². The Labute approximate surface area is 169 Å². The number of pyridine rings is 1. The van der Waals surface area contributed by atoms with E-state index in [0.29, 0.717) is 11.3 Å². The standard InChI is InChI=1S/C21H20N4O3S/c1-17-9-11-19(12-10-17)25(29(27,28)20-7-3-2-4-8-20)16-21(26)24-23-15-18-6-5-13-22-14-18/h2-15H,16H2,1H3,(H,24,26)/b23-15-. The molecule has 0 aliphatic rings. The Bertz CT molecular complexity index is 1080. The Morgan fingerprint density at radius 2 is 1.79 bits per heavy atom. The first kappa shape index (κ1) is 20.2. The fourth-order valence-corrected chi connectivity index (χ4v) is 3.98. The van der Waals surface area contributed by atoms with Crippen LogP contribution in [0.3, 0.4) is 0 Å². The van der Waals surface area contributed by atoms with Gasteiger partial charge in [0.05, 0.1) is 16.8 Å².